The van der Waals surface area contributed by atoms with Gasteiger partial charge in [0.1, 0.15) is 5.75 Å². The van der Waals surface area contributed by atoms with E-state index >= 15 is 0 Å². The Bertz CT molecular complexity index is 869. The maximum absolute atomic E-state index is 12.4. The zero-order valence-corrected chi connectivity index (χ0v) is 15.8. The van der Waals surface area contributed by atoms with Gasteiger partial charge in [0, 0.05) is 24.3 Å². The fourth-order valence-corrected chi connectivity index (χ4v) is 3.63. The maximum Gasteiger partial charge on any atom is 0.319 e. The van der Waals surface area contributed by atoms with E-state index in [1.807, 2.05) is 32.0 Å². The summed E-state index contributed by atoms with van der Waals surface area (Å²) in [4.78, 5) is 23.7. The lowest BCUT2D eigenvalue weighted by Gasteiger charge is -2.26. The molecule has 0 aliphatic heterocycles. The molecule has 3 rings (SSSR count). The van der Waals surface area contributed by atoms with E-state index < -0.39 is 0 Å². The number of aromatic hydroxyl groups is 1. The smallest absolute Gasteiger partial charge is 0.319 e. The second-order valence-corrected chi connectivity index (χ2v) is 7.16. The van der Waals surface area contributed by atoms with Crippen LogP contribution in [0.15, 0.2) is 30.3 Å². The summed E-state index contributed by atoms with van der Waals surface area (Å²) >= 11 is 0. The highest BCUT2D eigenvalue weighted by atomic mass is 16.3. The summed E-state index contributed by atoms with van der Waals surface area (Å²) in [6.45, 7) is 5.27. The van der Waals surface area contributed by atoms with Gasteiger partial charge in [-0.25, -0.2) is 4.79 Å². The Balaban J connectivity index is 1.63. The van der Waals surface area contributed by atoms with Crippen LogP contribution < -0.4 is 16.0 Å². The molecule has 6 nitrogen and oxygen atoms in total. The first-order valence-electron chi connectivity index (χ1n) is 9.09. The zero-order chi connectivity index (χ0) is 19.6. The summed E-state index contributed by atoms with van der Waals surface area (Å²) in [6, 6.07) is 8.91. The number of fused-ring (bicyclic) bond motifs is 1. The molecule has 1 atom stereocenters. The highest BCUT2D eigenvalue weighted by molar-refractivity contribution is 5.93. The highest BCUT2D eigenvalue weighted by Gasteiger charge is 2.20. The predicted molar refractivity (Wildman–Crippen MR) is 106 cm³/mol. The second kappa shape index (κ2) is 7.70. The molecule has 142 valence electrons. The molecule has 0 spiro atoms. The molecule has 2 aromatic rings. The number of hydrogen-bond donors (Lipinski definition) is 4. The summed E-state index contributed by atoms with van der Waals surface area (Å²) in [6.07, 6.45) is 2.42. The minimum atomic E-state index is -0.242. The number of carbonyl (C=O) groups is 2. The van der Waals surface area contributed by atoms with Crippen molar-refractivity contribution < 1.29 is 14.7 Å². The molecule has 4 N–H and O–H groups in total. The van der Waals surface area contributed by atoms with Crippen molar-refractivity contribution in [3.63, 3.8) is 0 Å². The van der Waals surface area contributed by atoms with Gasteiger partial charge >= 0.3 is 6.03 Å². The first kappa shape index (κ1) is 18.8. The number of anilines is 2. The number of phenols is 1. The van der Waals surface area contributed by atoms with Gasteiger partial charge in [-0.05, 0) is 79.6 Å². The van der Waals surface area contributed by atoms with E-state index in [2.05, 4.69) is 16.0 Å². The third kappa shape index (κ3) is 4.58. The van der Waals surface area contributed by atoms with E-state index in [1.165, 1.54) is 6.92 Å². The third-order valence-electron chi connectivity index (χ3n) is 4.85. The largest absolute Gasteiger partial charge is 0.508 e. The van der Waals surface area contributed by atoms with E-state index in [0.717, 1.165) is 47.2 Å². The molecular formula is C21H25N3O3. The molecule has 0 bridgehead atoms. The Morgan fingerprint density at radius 1 is 1.04 bits per heavy atom. The van der Waals surface area contributed by atoms with Gasteiger partial charge in [0.05, 0.1) is 0 Å². The number of hydrogen-bond acceptors (Lipinski definition) is 3. The molecule has 0 saturated carbocycles. The number of benzene rings is 2. The molecule has 1 unspecified atom stereocenters. The molecule has 3 amide bonds. The van der Waals surface area contributed by atoms with Crippen molar-refractivity contribution in [3.05, 3.63) is 52.6 Å². The van der Waals surface area contributed by atoms with Gasteiger partial charge in [0.15, 0.2) is 0 Å². The average molecular weight is 367 g/mol. The average Bonchev–Trinajstić information content (AvgIpc) is 2.58. The van der Waals surface area contributed by atoms with Crippen LogP contribution >= 0.6 is 0 Å². The Kier molecular flexibility index (Phi) is 5.35. The number of carbonyl (C=O) groups excluding carboxylic acids is 2. The Morgan fingerprint density at radius 2 is 1.74 bits per heavy atom. The highest BCUT2D eigenvalue weighted by Crippen LogP contribution is 2.26. The maximum atomic E-state index is 12.4. The predicted octanol–water partition coefficient (Wildman–Crippen LogP) is 3.65. The molecule has 0 saturated heterocycles. The van der Waals surface area contributed by atoms with E-state index in [9.17, 15) is 14.7 Å². The third-order valence-corrected chi connectivity index (χ3v) is 4.85. The van der Waals surface area contributed by atoms with E-state index in [1.54, 1.807) is 12.1 Å². The molecule has 0 radical (unpaired) electrons. The van der Waals surface area contributed by atoms with Gasteiger partial charge in [0.25, 0.3) is 0 Å². The number of amides is 3. The summed E-state index contributed by atoms with van der Waals surface area (Å²) in [5.41, 5.74) is 5.57. The van der Waals surface area contributed by atoms with E-state index in [-0.39, 0.29) is 23.7 Å². The normalized spacial score (nSPS) is 15.6. The lowest BCUT2D eigenvalue weighted by atomic mass is 9.88. The van der Waals surface area contributed by atoms with Crippen molar-refractivity contribution in [1.82, 2.24) is 5.32 Å². The quantitative estimate of drug-likeness (QED) is 0.667. The van der Waals surface area contributed by atoms with Crippen LogP contribution in [0.3, 0.4) is 0 Å². The fraction of sp³-hybridized carbons (Fsp3) is 0.333. The minimum absolute atomic E-state index is 0.0582. The molecule has 0 heterocycles. The summed E-state index contributed by atoms with van der Waals surface area (Å²) in [5.74, 6) is 0.164. The molecular weight excluding hydrogens is 342 g/mol. The monoisotopic (exact) mass is 367 g/mol. The van der Waals surface area contributed by atoms with Gasteiger partial charge in [0.2, 0.25) is 5.91 Å². The number of urea groups is 1. The Hall–Kier alpha value is -3.02. The minimum Gasteiger partial charge on any atom is -0.508 e. The standard InChI is InChI=1S/C21H25N3O3/c1-12-8-18(9-13(2)20(12)22-14(3)25)24-21(27)23-17-6-4-16-11-19(26)7-5-15(16)10-17/h5,7-9,11,17,26H,4,6,10H2,1-3H3,(H,22,25)(H2,23,24,27). The van der Waals surface area contributed by atoms with Crippen LogP contribution in [0, 0.1) is 13.8 Å². The molecule has 27 heavy (non-hydrogen) atoms. The van der Waals surface area contributed by atoms with Gasteiger partial charge in [-0.1, -0.05) is 6.07 Å². The van der Waals surface area contributed by atoms with Crippen molar-refractivity contribution in [2.45, 2.75) is 46.1 Å². The molecule has 6 heteroatoms. The lowest BCUT2D eigenvalue weighted by Crippen LogP contribution is -2.41. The first-order valence-corrected chi connectivity index (χ1v) is 9.09. The molecule has 1 aliphatic rings. The topological polar surface area (TPSA) is 90.5 Å². The van der Waals surface area contributed by atoms with Gasteiger partial charge < -0.3 is 21.1 Å². The SMILES string of the molecule is CC(=O)Nc1c(C)cc(NC(=O)NC2CCc3cc(O)ccc3C2)cc1C. The Labute approximate surface area is 159 Å². The van der Waals surface area contributed by atoms with Gasteiger partial charge in [-0.15, -0.1) is 0 Å². The second-order valence-electron chi connectivity index (χ2n) is 7.16. The number of phenolic OH excluding ortho intramolecular Hbond substituents is 1. The van der Waals surface area contributed by atoms with Crippen molar-refractivity contribution in [3.8, 4) is 5.75 Å². The van der Waals surface area contributed by atoms with Gasteiger partial charge in [-0.2, -0.15) is 0 Å². The summed E-state index contributed by atoms with van der Waals surface area (Å²) in [5, 5.41) is 18.3. The summed E-state index contributed by atoms with van der Waals surface area (Å²) < 4.78 is 0. The number of aryl methyl sites for hydroxylation is 3. The van der Waals surface area contributed by atoms with Crippen molar-refractivity contribution in [1.29, 1.82) is 0 Å². The van der Waals surface area contributed by atoms with Crippen LogP contribution in [0.5, 0.6) is 5.75 Å². The summed E-state index contributed by atoms with van der Waals surface area (Å²) in [7, 11) is 0. The van der Waals surface area contributed by atoms with Crippen LogP contribution in [-0.2, 0) is 17.6 Å². The van der Waals surface area contributed by atoms with Crippen molar-refractivity contribution >= 4 is 23.3 Å². The molecule has 0 fully saturated rings. The number of nitrogens with one attached hydrogen (secondary N) is 3. The van der Waals surface area contributed by atoms with Crippen LogP contribution in [-0.4, -0.2) is 23.1 Å². The molecule has 2 aromatic carbocycles. The van der Waals surface area contributed by atoms with E-state index in [4.69, 9.17) is 0 Å². The first-order chi connectivity index (χ1) is 12.8. The van der Waals surface area contributed by atoms with Crippen LogP contribution in [0.2, 0.25) is 0 Å². The van der Waals surface area contributed by atoms with Crippen molar-refractivity contribution in [2.75, 3.05) is 10.6 Å². The Morgan fingerprint density at radius 3 is 2.41 bits per heavy atom. The van der Waals surface area contributed by atoms with Gasteiger partial charge in [-0.3, -0.25) is 4.79 Å². The molecule has 1 aliphatic carbocycles. The fourth-order valence-electron chi connectivity index (χ4n) is 3.63. The van der Waals surface area contributed by atoms with Crippen LogP contribution in [0.1, 0.15) is 35.6 Å². The van der Waals surface area contributed by atoms with Crippen LogP contribution in [0.4, 0.5) is 16.2 Å². The van der Waals surface area contributed by atoms with Crippen LogP contribution in [0.25, 0.3) is 0 Å². The zero-order valence-electron chi connectivity index (χ0n) is 15.8. The molecule has 0 aromatic heterocycles. The lowest BCUT2D eigenvalue weighted by molar-refractivity contribution is -0.114. The van der Waals surface area contributed by atoms with Crippen molar-refractivity contribution in [2.24, 2.45) is 0 Å². The number of rotatable bonds is 3. The van der Waals surface area contributed by atoms with E-state index in [0.29, 0.717) is 5.69 Å².